The molecule has 3 nitrogen and oxygen atoms in total. The van der Waals surface area contributed by atoms with E-state index in [9.17, 15) is 4.79 Å². The van der Waals surface area contributed by atoms with Crippen LogP contribution in [0.4, 0.5) is 0 Å². The number of benzene rings is 1. The molecule has 22 heavy (non-hydrogen) atoms. The van der Waals surface area contributed by atoms with Crippen molar-refractivity contribution in [3.63, 3.8) is 0 Å². The highest BCUT2D eigenvalue weighted by Gasteiger charge is 2.22. The van der Waals surface area contributed by atoms with Gasteiger partial charge in [-0.25, -0.2) is 0 Å². The highest BCUT2D eigenvalue weighted by Crippen LogP contribution is 2.28. The smallest absolute Gasteiger partial charge is 0.246 e. The molecular weight excluding hydrogens is 274 g/mol. The van der Waals surface area contributed by atoms with Crippen LogP contribution >= 0.6 is 0 Å². The molecule has 1 aliphatic rings. The van der Waals surface area contributed by atoms with E-state index in [2.05, 4.69) is 6.92 Å². The molecule has 0 atom stereocenters. The molecule has 0 spiro atoms. The molecule has 1 heterocycles. The Kier molecular flexibility index (Phi) is 4.32. The van der Waals surface area contributed by atoms with Crippen LogP contribution in [0.5, 0.6) is 0 Å². The van der Waals surface area contributed by atoms with E-state index in [-0.39, 0.29) is 5.91 Å². The molecule has 0 N–H and O–H groups in total. The molecule has 2 aromatic rings. The quantitative estimate of drug-likeness (QED) is 0.783. The Balaban J connectivity index is 1.84. The molecule has 0 bridgehead atoms. The standard InChI is InChI=1S/C19H23NO2/c1-3-17-16(15-10-6-7-11-18(15)22-17)12-13-19(21)20(2)14-8-4-5-9-14/h6-7,10-14H,3-5,8-9H2,1-2H3. The van der Waals surface area contributed by atoms with Crippen LogP contribution in [0.15, 0.2) is 34.8 Å². The summed E-state index contributed by atoms with van der Waals surface area (Å²) in [6, 6.07) is 8.39. The minimum atomic E-state index is 0.0826. The summed E-state index contributed by atoms with van der Waals surface area (Å²) in [6.07, 6.45) is 9.15. The summed E-state index contributed by atoms with van der Waals surface area (Å²) in [4.78, 5) is 14.3. The van der Waals surface area contributed by atoms with Crippen molar-refractivity contribution in [2.45, 2.75) is 45.1 Å². The lowest BCUT2D eigenvalue weighted by Crippen LogP contribution is -2.33. The van der Waals surface area contributed by atoms with E-state index in [1.54, 1.807) is 6.08 Å². The number of hydrogen-bond donors (Lipinski definition) is 0. The Bertz CT molecular complexity index is 693. The molecule has 1 aromatic carbocycles. The van der Waals surface area contributed by atoms with Crippen LogP contribution in [-0.4, -0.2) is 23.9 Å². The molecule has 116 valence electrons. The van der Waals surface area contributed by atoms with Crippen LogP contribution in [0.1, 0.15) is 43.9 Å². The number of nitrogens with zero attached hydrogens (tertiary/aromatic N) is 1. The molecule has 1 amide bonds. The number of amides is 1. The Morgan fingerprint density at radius 1 is 1.32 bits per heavy atom. The molecule has 1 aliphatic carbocycles. The first-order valence-electron chi connectivity index (χ1n) is 8.16. The van der Waals surface area contributed by atoms with E-state index < -0.39 is 0 Å². The fourth-order valence-electron chi connectivity index (χ4n) is 3.31. The summed E-state index contributed by atoms with van der Waals surface area (Å²) < 4.78 is 5.86. The molecule has 3 rings (SSSR count). The number of rotatable bonds is 4. The van der Waals surface area contributed by atoms with Gasteiger partial charge >= 0.3 is 0 Å². The number of fused-ring (bicyclic) bond motifs is 1. The highest BCUT2D eigenvalue weighted by molar-refractivity contribution is 5.96. The van der Waals surface area contributed by atoms with Gasteiger partial charge in [-0.1, -0.05) is 38.0 Å². The second kappa shape index (κ2) is 6.39. The lowest BCUT2D eigenvalue weighted by Gasteiger charge is -2.22. The number of furan rings is 1. The van der Waals surface area contributed by atoms with Gasteiger partial charge in [-0.2, -0.15) is 0 Å². The zero-order valence-corrected chi connectivity index (χ0v) is 13.3. The highest BCUT2D eigenvalue weighted by atomic mass is 16.3. The zero-order valence-electron chi connectivity index (χ0n) is 13.3. The van der Waals surface area contributed by atoms with Crippen molar-refractivity contribution >= 4 is 23.0 Å². The predicted molar refractivity (Wildman–Crippen MR) is 89.7 cm³/mol. The molecule has 0 radical (unpaired) electrons. The van der Waals surface area contributed by atoms with Crippen molar-refractivity contribution in [2.75, 3.05) is 7.05 Å². The van der Waals surface area contributed by atoms with E-state index in [0.717, 1.165) is 41.6 Å². The fourth-order valence-corrected chi connectivity index (χ4v) is 3.31. The van der Waals surface area contributed by atoms with Gasteiger partial charge in [-0.3, -0.25) is 4.79 Å². The minimum absolute atomic E-state index is 0.0826. The number of carbonyl (C=O) groups is 1. The SMILES string of the molecule is CCc1oc2ccccc2c1C=CC(=O)N(C)C1CCCC1. The Morgan fingerprint density at radius 2 is 2.05 bits per heavy atom. The largest absolute Gasteiger partial charge is 0.460 e. The van der Waals surface area contributed by atoms with E-state index >= 15 is 0 Å². The lowest BCUT2D eigenvalue weighted by atomic mass is 10.1. The topological polar surface area (TPSA) is 33.5 Å². The van der Waals surface area contributed by atoms with Crippen molar-refractivity contribution in [2.24, 2.45) is 0 Å². The summed E-state index contributed by atoms with van der Waals surface area (Å²) >= 11 is 0. The second-order valence-corrected chi connectivity index (χ2v) is 6.01. The summed E-state index contributed by atoms with van der Waals surface area (Å²) in [5.74, 6) is 1.02. The molecule has 1 saturated carbocycles. The molecular formula is C19H23NO2. The van der Waals surface area contributed by atoms with Crippen molar-refractivity contribution in [1.29, 1.82) is 0 Å². The third-order valence-corrected chi connectivity index (χ3v) is 4.64. The first-order chi connectivity index (χ1) is 10.7. The number of aryl methyl sites for hydroxylation is 1. The second-order valence-electron chi connectivity index (χ2n) is 6.01. The van der Waals surface area contributed by atoms with E-state index in [4.69, 9.17) is 4.42 Å². The third kappa shape index (κ3) is 2.80. The lowest BCUT2D eigenvalue weighted by molar-refractivity contribution is -0.126. The maximum Gasteiger partial charge on any atom is 0.246 e. The zero-order chi connectivity index (χ0) is 15.5. The van der Waals surface area contributed by atoms with Crippen LogP contribution in [-0.2, 0) is 11.2 Å². The Labute approximate surface area is 131 Å². The number of carbonyl (C=O) groups excluding carboxylic acids is 1. The number of para-hydroxylation sites is 1. The van der Waals surface area contributed by atoms with Crippen molar-refractivity contribution < 1.29 is 9.21 Å². The van der Waals surface area contributed by atoms with E-state index in [1.165, 1.54) is 12.8 Å². The van der Waals surface area contributed by atoms with Gasteiger partial charge in [0.1, 0.15) is 11.3 Å². The van der Waals surface area contributed by atoms with Crippen LogP contribution in [0, 0.1) is 0 Å². The van der Waals surface area contributed by atoms with Gasteiger partial charge in [0.15, 0.2) is 0 Å². The Hall–Kier alpha value is -2.03. The van der Waals surface area contributed by atoms with Crippen molar-refractivity contribution in [1.82, 2.24) is 4.90 Å². The van der Waals surface area contributed by atoms with Crippen LogP contribution < -0.4 is 0 Å². The number of likely N-dealkylation sites (N-methyl/N-ethyl adjacent to an activating group) is 1. The maximum atomic E-state index is 12.4. The van der Waals surface area contributed by atoms with Gasteiger partial charge in [-0.05, 0) is 25.0 Å². The molecule has 1 fully saturated rings. The first kappa shape index (κ1) is 14.9. The summed E-state index contributed by atoms with van der Waals surface area (Å²) in [7, 11) is 1.91. The van der Waals surface area contributed by atoms with Gasteiger partial charge in [0, 0.05) is 36.5 Å². The van der Waals surface area contributed by atoms with Gasteiger partial charge in [0.25, 0.3) is 0 Å². The molecule has 0 aliphatic heterocycles. The van der Waals surface area contributed by atoms with Crippen molar-refractivity contribution in [3.8, 4) is 0 Å². The Morgan fingerprint density at radius 3 is 2.77 bits per heavy atom. The van der Waals surface area contributed by atoms with Gasteiger partial charge < -0.3 is 9.32 Å². The van der Waals surface area contributed by atoms with Gasteiger partial charge in [0.2, 0.25) is 5.91 Å². The van der Waals surface area contributed by atoms with E-state index in [0.29, 0.717) is 6.04 Å². The normalized spacial score (nSPS) is 15.9. The molecule has 3 heteroatoms. The monoisotopic (exact) mass is 297 g/mol. The fraction of sp³-hybridized carbons (Fsp3) is 0.421. The molecule has 0 saturated heterocycles. The summed E-state index contributed by atoms with van der Waals surface area (Å²) in [6.45, 7) is 2.07. The van der Waals surface area contributed by atoms with Crippen LogP contribution in [0.3, 0.4) is 0 Å². The van der Waals surface area contributed by atoms with E-state index in [1.807, 2.05) is 42.3 Å². The first-order valence-corrected chi connectivity index (χ1v) is 8.16. The maximum absolute atomic E-state index is 12.4. The summed E-state index contributed by atoms with van der Waals surface area (Å²) in [5, 5.41) is 1.08. The summed E-state index contributed by atoms with van der Waals surface area (Å²) in [5.41, 5.74) is 1.92. The van der Waals surface area contributed by atoms with Crippen LogP contribution in [0.25, 0.3) is 17.0 Å². The van der Waals surface area contributed by atoms with Gasteiger partial charge in [0.05, 0.1) is 0 Å². The predicted octanol–water partition coefficient (Wildman–Crippen LogP) is 4.41. The average Bonchev–Trinajstić information content (AvgIpc) is 3.19. The third-order valence-electron chi connectivity index (χ3n) is 4.64. The van der Waals surface area contributed by atoms with Crippen molar-refractivity contribution in [3.05, 3.63) is 41.7 Å². The molecule has 1 aromatic heterocycles. The molecule has 0 unspecified atom stereocenters. The minimum Gasteiger partial charge on any atom is -0.460 e. The average molecular weight is 297 g/mol. The number of hydrogen-bond acceptors (Lipinski definition) is 2. The van der Waals surface area contributed by atoms with Crippen LogP contribution in [0.2, 0.25) is 0 Å². The van der Waals surface area contributed by atoms with Gasteiger partial charge in [-0.15, -0.1) is 0 Å².